The highest BCUT2D eigenvalue weighted by Crippen LogP contribution is 2.38. The second-order valence-corrected chi connectivity index (χ2v) is 10.2. The van der Waals surface area contributed by atoms with E-state index < -0.39 is 23.5 Å². The van der Waals surface area contributed by atoms with E-state index in [1.54, 1.807) is 38.1 Å². The Morgan fingerprint density at radius 3 is 1.27 bits per heavy atom. The van der Waals surface area contributed by atoms with Crippen LogP contribution in [0.1, 0.15) is 28.1 Å². The molecule has 3 N–H and O–H groups in total. The molecule has 0 fully saturated rings. The maximum absolute atomic E-state index is 12.6. The average molecular weight is 677 g/mol. The zero-order valence-electron chi connectivity index (χ0n) is 25.3. The number of hydrogen-bond acceptors (Lipinski definition) is 6. The predicted molar refractivity (Wildman–Crippen MR) is 170 cm³/mol. The molecule has 0 saturated carbocycles. The Kier molecular flexibility index (Phi) is 11.7. The van der Waals surface area contributed by atoms with Crippen LogP contribution in [0.15, 0.2) is 97.1 Å². The molecule has 0 saturated heterocycles. The molecular formula is C35H25AlF6N3O3. The van der Waals surface area contributed by atoms with Gasteiger partial charge < -0.3 is 15.3 Å². The molecule has 0 aliphatic rings. The standard InChI is InChI=1S/C13H9NO.2C11H8F3NO.Al/c14-9-10-1-3-11(4-2-10)12-5-7-13(15)8-6-12;2*1-6-2-3-7-8(11(12,13)14)4-5-9(16)10(7)15-6;/h1-8,15H;2*2-5,16H,1H3;. The first-order valence-electron chi connectivity index (χ1n) is 13.7. The molecule has 6 aromatic rings. The van der Waals surface area contributed by atoms with Crippen molar-refractivity contribution in [3.05, 3.63) is 125 Å². The second-order valence-electron chi connectivity index (χ2n) is 10.2. The number of benzene rings is 4. The van der Waals surface area contributed by atoms with Crippen LogP contribution in [-0.2, 0) is 12.4 Å². The fourth-order valence-electron chi connectivity index (χ4n) is 4.49. The molecule has 0 aliphatic carbocycles. The number of aryl methyl sites for hydroxylation is 2. The first-order valence-corrected chi connectivity index (χ1v) is 13.7. The van der Waals surface area contributed by atoms with Crippen molar-refractivity contribution >= 4 is 39.2 Å². The highest BCUT2D eigenvalue weighted by atomic mass is 27.0. The number of aromatic hydroxyl groups is 3. The van der Waals surface area contributed by atoms with Crippen LogP contribution in [-0.4, -0.2) is 42.6 Å². The summed E-state index contributed by atoms with van der Waals surface area (Å²) in [6.45, 7) is 3.30. The summed E-state index contributed by atoms with van der Waals surface area (Å²) in [5, 5.41) is 36.5. The molecule has 0 bridgehead atoms. The van der Waals surface area contributed by atoms with Crippen molar-refractivity contribution in [1.29, 1.82) is 5.26 Å². The molecule has 0 unspecified atom stereocenters. The van der Waals surface area contributed by atoms with E-state index in [4.69, 9.17) is 10.4 Å². The maximum atomic E-state index is 12.6. The second kappa shape index (κ2) is 15.1. The first-order chi connectivity index (χ1) is 22.1. The largest absolute Gasteiger partial charge is 0.508 e. The topological polar surface area (TPSA) is 110 Å². The Balaban J connectivity index is 0.000000193. The Morgan fingerprint density at radius 2 is 0.917 bits per heavy atom. The Hall–Kier alpha value is -5.30. The Morgan fingerprint density at radius 1 is 0.542 bits per heavy atom. The predicted octanol–water partition coefficient (Wildman–Crippen LogP) is 9.09. The molecule has 6 nitrogen and oxygen atoms in total. The van der Waals surface area contributed by atoms with Gasteiger partial charge in [-0.2, -0.15) is 31.6 Å². The summed E-state index contributed by atoms with van der Waals surface area (Å²) in [5.41, 5.74) is 2.22. The number of aromatic nitrogens is 2. The van der Waals surface area contributed by atoms with Gasteiger partial charge in [-0.3, -0.25) is 0 Å². The van der Waals surface area contributed by atoms with E-state index in [-0.39, 0.29) is 56.4 Å². The highest BCUT2D eigenvalue weighted by molar-refractivity contribution is 5.88. The van der Waals surface area contributed by atoms with Gasteiger partial charge in [0.2, 0.25) is 0 Å². The minimum Gasteiger partial charge on any atom is -0.508 e. The van der Waals surface area contributed by atoms with Gasteiger partial charge >= 0.3 is 12.4 Å². The lowest BCUT2D eigenvalue weighted by Gasteiger charge is -2.11. The number of rotatable bonds is 1. The molecule has 13 heteroatoms. The molecule has 48 heavy (non-hydrogen) atoms. The van der Waals surface area contributed by atoms with E-state index in [0.717, 1.165) is 35.4 Å². The summed E-state index contributed by atoms with van der Waals surface area (Å²) in [6, 6.07) is 25.7. The molecule has 243 valence electrons. The summed E-state index contributed by atoms with van der Waals surface area (Å²) >= 11 is 0. The normalized spacial score (nSPS) is 11.0. The molecule has 6 rings (SSSR count). The maximum Gasteiger partial charge on any atom is 0.417 e. The van der Waals surface area contributed by atoms with Crippen molar-refractivity contribution in [3.8, 4) is 34.4 Å². The van der Waals surface area contributed by atoms with Crippen molar-refractivity contribution in [2.24, 2.45) is 0 Å². The van der Waals surface area contributed by atoms with Crippen LogP contribution in [0.4, 0.5) is 26.3 Å². The van der Waals surface area contributed by atoms with E-state index in [0.29, 0.717) is 17.0 Å². The van der Waals surface area contributed by atoms with Crippen LogP contribution in [0.2, 0.25) is 0 Å². The van der Waals surface area contributed by atoms with Crippen LogP contribution in [0, 0.1) is 25.2 Å². The SMILES string of the molecule is Cc1ccc2c(C(F)(F)F)ccc(O)c2n1.Cc1ccc2c(C(F)(F)F)ccc(O)c2n1.N#Cc1ccc(-c2ccc(O)cc2)cc1.[Al]. The highest BCUT2D eigenvalue weighted by Gasteiger charge is 2.34. The zero-order chi connectivity index (χ0) is 34.5. The summed E-state index contributed by atoms with van der Waals surface area (Å²) in [7, 11) is 0. The third kappa shape index (κ3) is 8.94. The van der Waals surface area contributed by atoms with Gasteiger partial charge in [-0.1, -0.05) is 36.4 Å². The number of alkyl halides is 6. The lowest BCUT2D eigenvalue weighted by molar-refractivity contribution is -0.137. The third-order valence-electron chi connectivity index (χ3n) is 6.78. The van der Waals surface area contributed by atoms with Crippen LogP contribution >= 0.6 is 0 Å². The summed E-state index contributed by atoms with van der Waals surface area (Å²) in [6.07, 6.45) is -8.88. The van der Waals surface area contributed by atoms with E-state index in [9.17, 15) is 36.6 Å². The Bertz CT molecular complexity index is 1980. The summed E-state index contributed by atoms with van der Waals surface area (Å²) < 4.78 is 75.8. The van der Waals surface area contributed by atoms with Gasteiger partial charge in [0, 0.05) is 39.5 Å². The summed E-state index contributed by atoms with van der Waals surface area (Å²) in [5.74, 6) is -0.231. The minimum absolute atomic E-state index is 0. The quantitative estimate of drug-likeness (QED) is 0.118. The van der Waals surface area contributed by atoms with Crippen LogP contribution in [0.3, 0.4) is 0 Å². The van der Waals surface area contributed by atoms with Gasteiger partial charge in [0.05, 0.1) is 22.8 Å². The van der Waals surface area contributed by atoms with Crippen LogP contribution in [0.5, 0.6) is 17.2 Å². The van der Waals surface area contributed by atoms with E-state index in [1.165, 1.54) is 24.3 Å². The van der Waals surface area contributed by atoms with Crippen molar-refractivity contribution in [2.75, 3.05) is 0 Å². The first kappa shape index (κ1) is 37.2. The molecule has 0 atom stereocenters. The molecule has 4 aromatic carbocycles. The molecule has 0 spiro atoms. The smallest absolute Gasteiger partial charge is 0.417 e. The van der Waals surface area contributed by atoms with Gasteiger partial charge in [0.15, 0.2) is 0 Å². The minimum atomic E-state index is -4.44. The lowest BCUT2D eigenvalue weighted by Crippen LogP contribution is -2.06. The van der Waals surface area contributed by atoms with Crippen LogP contribution < -0.4 is 0 Å². The van der Waals surface area contributed by atoms with Crippen molar-refractivity contribution in [2.45, 2.75) is 26.2 Å². The number of nitrogens with zero attached hydrogens (tertiary/aromatic N) is 3. The fraction of sp³-hybridized carbons (Fsp3) is 0.114. The van der Waals surface area contributed by atoms with E-state index in [1.807, 2.05) is 24.3 Å². The van der Waals surface area contributed by atoms with Crippen LogP contribution in [0.25, 0.3) is 32.9 Å². The number of fused-ring (bicyclic) bond motifs is 2. The molecule has 3 radical (unpaired) electrons. The molecule has 2 heterocycles. The number of nitriles is 1. The summed E-state index contributed by atoms with van der Waals surface area (Å²) in [4.78, 5) is 7.80. The van der Waals surface area contributed by atoms with Gasteiger partial charge in [0.1, 0.15) is 28.3 Å². The Labute approximate surface area is 281 Å². The fourth-order valence-corrected chi connectivity index (χ4v) is 4.49. The third-order valence-corrected chi connectivity index (χ3v) is 6.78. The molecule has 2 aromatic heterocycles. The van der Waals surface area contributed by atoms with Gasteiger partial charge in [-0.05, 0) is 85.6 Å². The van der Waals surface area contributed by atoms with Crippen molar-refractivity contribution in [1.82, 2.24) is 9.97 Å². The number of halogens is 6. The molecule has 0 amide bonds. The van der Waals surface area contributed by atoms with E-state index >= 15 is 0 Å². The van der Waals surface area contributed by atoms with Crippen molar-refractivity contribution in [3.63, 3.8) is 0 Å². The number of pyridine rings is 2. The van der Waals surface area contributed by atoms with Crippen molar-refractivity contribution < 1.29 is 41.7 Å². The number of phenols is 3. The van der Waals surface area contributed by atoms with Gasteiger partial charge in [0.25, 0.3) is 0 Å². The van der Waals surface area contributed by atoms with Gasteiger partial charge in [-0.15, -0.1) is 0 Å². The average Bonchev–Trinajstić information content (AvgIpc) is 3.02. The molecular weight excluding hydrogens is 651 g/mol. The number of phenolic OH excluding ortho intramolecular Hbond substituents is 3. The zero-order valence-corrected chi connectivity index (χ0v) is 26.4. The van der Waals surface area contributed by atoms with Gasteiger partial charge in [-0.25, -0.2) is 9.97 Å². The molecule has 0 aliphatic heterocycles. The lowest BCUT2D eigenvalue weighted by atomic mass is 10.0. The number of hydrogen-bond donors (Lipinski definition) is 3. The van der Waals surface area contributed by atoms with E-state index in [2.05, 4.69) is 16.0 Å². The monoisotopic (exact) mass is 676 g/mol.